The maximum Gasteiger partial charge on any atom is 0.217 e. The van der Waals surface area contributed by atoms with Crippen molar-refractivity contribution in [3.63, 3.8) is 0 Å². The van der Waals surface area contributed by atoms with Crippen LogP contribution in [0.4, 0.5) is 5.69 Å². The number of halogens is 2. The van der Waals surface area contributed by atoms with Crippen LogP contribution in [0, 0.1) is 5.21 Å². The zero-order valence-electron chi connectivity index (χ0n) is 5.71. The number of pyridine rings is 1. The van der Waals surface area contributed by atoms with Gasteiger partial charge in [-0.1, -0.05) is 28.3 Å². The molecule has 1 atom stereocenters. The van der Waals surface area contributed by atoms with Gasteiger partial charge in [0.2, 0.25) is 10.9 Å². The highest BCUT2D eigenvalue weighted by molar-refractivity contribution is 6.70. The lowest BCUT2D eigenvalue weighted by Crippen LogP contribution is -2.95. The van der Waals surface area contributed by atoms with Crippen molar-refractivity contribution >= 4 is 34.1 Å². The van der Waals surface area contributed by atoms with Crippen molar-refractivity contribution in [2.45, 2.75) is 0 Å². The Labute approximate surface area is 78.0 Å². The summed E-state index contributed by atoms with van der Waals surface area (Å²) in [6.45, 7) is 0. The van der Waals surface area contributed by atoms with Gasteiger partial charge in [-0.05, 0) is 6.07 Å². The van der Waals surface area contributed by atoms with Crippen LogP contribution < -0.4 is 5.17 Å². The largest absolute Gasteiger partial charge is 0.601 e. The predicted octanol–water partition coefficient (Wildman–Crippen LogP) is 0.663. The normalized spacial score (nSPS) is 20.6. The Bertz CT molecular complexity index is 366. The quantitative estimate of drug-likeness (QED) is 0.631. The van der Waals surface area contributed by atoms with E-state index < -0.39 is 5.17 Å². The van der Waals surface area contributed by atoms with Crippen molar-refractivity contribution < 1.29 is 5.17 Å². The summed E-state index contributed by atoms with van der Waals surface area (Å²) in [4.78, 5) is 3.88. The molecule has 2 heterocycles. The number of nitrogens with zero attached hydrogens (tertiary/aromatic N) is 2. The van der Waals surface area contributed by atoms with Gasteiger partial charge in [-0.2, -0.15) is 0 Å². The molecule has 1 aliphatic rings. The molecule has 0 saturated heterocycles. The zero-order valence-corrected chi connectivity index (χ0v) is 7.23. The lowest BCUT2D eigenvalue weighted by Gasteiger charge is -2.09. The van der Waals surface area contributed by atoms with E-state index in [1.54, 1.807) is 0 Å². The Morgan fingerprint density at radius 2 is 2.17 bits per heavy atom. The van der Waals surface area contributed by atoms with Crippen molar-refractivity contribution in [3.8, 4) is 0 Å². The highest BCUT2D eigenvalue weighted by Crippen LogP contribution is 2.24. The topological polar surface area (TPSA) is 52.8 Å². The fourth-order valence-corrected chi connectivity index (χ4v) is 1.44. The van der Waals surface area contributed by atoms with Crippen LogP contribution in [0.2, 0.25) is 5.02 Å². The van der Waals surface area contributed by atoms with E-state index in [4.69, 9.17) is 23.2 Å². The third-order valence-corrected chi connectivity index (χ3v) is 2.09. The van der Waals surface area contributed by atoms with Crippen LogP contribution in [0.15, 0.2) is 17.4 Å². The molecule has 1 aliphatic heterocycles. The third-order valence-electron chi connectivity index (χ3n) is 1.51. The molecule has 1 N–H and O–H groups in total. The number of rotatable bonds is 0. The second-order valence-corrected chi connectivity index (χ2v) is 2.99. The van der Waals surface area contributed by atoms with E-state index in [9.17, 15) is 5.21 Å². The monoisotopic (exact) mass is 203 g/mol. The number of hydrogen-bond donors (Lipinski definition) is 1. The molecular weight excluding hydrogens is 201 g/mol. The van der Waals surface area contributed by atoms with Gasteiger partial charge in [0.25, 0.3) is 0 Å². The molecule has 0 spiro atoms. The number of nitrogens with one attached hydrogen (secondary N) is 1. The Hall–Kier alpha value is -0.680. The average molecular weight is 204 g/mol. The molecule has 0 radical (unpaired) electrons. The lowest BCUT2D eigenvalue weighted by molar-refractivity contribution is -0.780. The maximum absolute atomic E-state index is 11.1. The average Bonchev–Trinajstić information content (AvgIpc) is 2.29. The molecule has 1 aromatic heterocycles. The van der Waals surface area contributed by atoms with Gasteiger partial charge in [0, 0.05) is 6.20 Å². The van der Waals surface area contributed by atoms with Crippen molar-refractivity contribution in [1.29, 1.82) is 0 Å². The molecule has 0 amide bonds. The summed E-state index contributed by atoms with van der Waals surface area (Å²) in [5.74, 6) is 0. The first-order valence-corrected chi connectivity index (χ1v) is 3.89. The van der Waals surface area contributed by atoms with Crippen LogP contribution in [0.25, 0.3) is 0 Å². The van der Waals surface area contributed by atoms with Gasteiger partial charge in [-0.25, -0.2) is 10.2 Å². The molecule has 62 valence electrons. The number of quaternary nitrogens is 1. The van der Waals surface area contributed by atoms with Gasteiger partial charge < -0.3 is 5.21 Å². The summed E-state index contributed by atoms with van der Waals surface area (Å²) in [7, 11) is 0. The highest BCUT2D eigenvalue weighted by Gasteiger charge is 2.26. The summed E-state index contributed by atoms with van der Waals surface area (Å²) in [6, 6.07) is 1.53. The van der Waals surface area contributed by atoms with E-state index in [0.29, 0.717) is 16.4 Å². The van der Waals surface area contributed by atoms with Crippen molar-refractivity contribution in [1.82, 2.24) is 4.98 Å². The fourth-order valence-electron chi connectivity index (χ4n) is 0.996. The van der Waals surface area contributed by atoms with Gasteiger partial charge in [-0.15, -0.1) is 0 Å². The molecule has 0 aliphatic carbocycles. The molecule has 0 aromatic carbocycles. The minimum atomic E-state index is -0.423. The molecular formula is C6H3Cl2N3O. The summed E-state index contributed by atoms with van der Waals surface area (Å²) < 4.78 is 0. The summed E-state index contributed by atoms with van der Waals surface area (Å²) >= 11 is 11.4. The van der Waals surface area contributed by atoms with Gasteiger partial charge >= 0.3 is 0 Å². The second kappa shape index (κ2) is 2.67. The fraction of sp³-hybridized carbons (Fsp3) is 0. The van der Waals surface area contributed by atoms with Gasteiger partial charge in [0.1, 0.15) is 5.02 Å². The summed E-state index contributed by atoms with van der Waals surface area (Å²) in [6.07, 6.45) is 1.48. The van der Waals surface area contributed by atoms with Crippen molar-refractivity contribution in [2.24, 2.45) is 5.10 Å². The molecule has 0 bridgehead atoms. The summed E-state index contributed by atoms with van der Waals surface area (Å²) in [5.41, 5.74) is 0.665. The van der Waals surface area contributed by atoms with E-state index in [1.165, 1.54) is 12.3 Å². The minimum absolute atomic E-state index is 0.109. The lowest BCUT2D eigenvalue weighted by atomic mass is 10.3. The highest BCUT2D eigenvalue weighted by atomic mass is 35.5. The van der Waals surface area contributed by atoms with Crippen LogP contribution in [-0.2, 0) is 0 Å². The first-order chi connectivity index (χ1) is 5.70. The molecule has 1 unspecified atom stereocenters. The smallest absolute Gasteiger partial charge is 0.217 e. The SMILES string of the molecule is [O-][NH+]1N=C(Cl)c2nccc(Cl)c21. The van der Waals surface area contributed by atoms with E-state index in [0.717, 1.165) is 0 Å². The molecule has 4 nitrogen and oxygen atoms in total. The van der Waals surface area contributed by atoms with Crippen LogP contribution in [0.1, 0.15) is 5.69 Å². The summed E-state index contributed by atoms with van der Waals surface area (Å²) in [5, 5.41) is 14.6. The van der Waals surface area contributed by atoms with Crippen molar-refractivity contribution in [2.75, 3.05) is 0 Å². The molecule has 1 aromatic rings. The van der Waals surface area contributed by atoms with Crippen LogP contribution in [0.3, 0.4) is 0 Å². The first kappa shape index (κ1) is 7.94. The minimum Gasteiger partial charge on any atom is -0.601 e. The van der Waals surface area contributed by atoms with Gasteiger partial charge in [0.15, 0.2) is 5.69 Å². The Morgan fingerprint density at radius 1 is 1.42 bits per heavy atom. The molecule has 6 heteroatoms. The van der Waals surface area contributed by atoms with Crippen LogP contribution >= 0.6 is 23.2 Å². The number of hydrogen-bond acceptors (Lipinski definition) is 3. The second-order valence-electron chi connectivity index (χ2n) is 2.22. The van der Waals surface area contributed by atoms with E-state index >= 15 is 0 Å². The predicted molar refractivity (Wildman–Crippen MR) is 45.6 cm³/mol. The third kappa shape index (κ3) is 1.01. The van der Waals surface area contributed by atoms with Crippen molar-refractivity contribution in [3.05, 3.63) is 28.2 Å². The van der Waals surface area contributed by atoms with E-state index in [-0.39, 0.29) is 5.17 Å². The Morgan fingerprint density at radius 3 is 2.83 bits per heavy atom. The first-order valence-electron chi connectivity index (χ1n) is 3.13. The molecule has 0 saturated carbocycles. The Kier molecular flexibility index (Phi) is 1.77. The van der Waals surface area contributed by atoms with Crippen LogP contribution in [-0.4, -0.2) is 10.2 Å². The Balaban J connectivity index is 2.67. The van der Waals surface area contributed by atoms with E-state index in [1.807, 2.05) is 0 Å². The molecule has 0 fully saturated rings. The number of fused-ring (bicyclic) bond motifs is 1. The standard InChI is InChI=1S/C6H3Cl2N3O/c7-3-1-2-9-4-5(3)11(12)10-6(4)8/h1-2,11H. The maximum atomic E-state index is 11.1. The van der Waals surface area contributed by atoms with Gasteiger partial charge in [0.05, 0.1) is 0 Å². The number of aromatic nitrogens is 1. The van der Waals surface area contributed by atoms with Crippen LogP contribution in [0.5, 0.6) is 0 Å². The molecule has 12 heavy (non-hydrogen) atoms. The molecule has 2 rings (SSSR count). The zero-order chi connectivity index (χ0) is 8.72. The van der Waals surface area contributed by atoms with Gasteiger partial charge in [-0.3, -0.25) is 0 Å². The van der Waals surface area contributed by atoms with E-state index in [2.05, 4.69) is 10.1 Å².